The lowest BCUT2D eigenvalue weighted by Gasteiger charge is -2.07. The first-order valence-electron chi connectivity index (χ1n) is 6.51. The minimum Gasteiger partial charge on any atom is -0.320 e. The highest BCUT2D eigenvalue weighted by Gasteiger charge is 2.19. The van der Waals surface area contributed by atoms with E-state index in [0.717, 1.165) is 17.8 Å². The number of H-pyrrole nitrogens is 1. The highest BCUT2D eigenvalue weighted by molar-refractivity contribution is 6.05. The largest absolute Gasteiger partial charge is 0.320 e. The summed E-state index contributed by atoms with van der Waals surface area (Å²) in [6, 6.07) is 4.82. The number of nitrogens with one attached hydrogen (secondary N) is 2. The standard InChI is InChI=1S/C15H9F2N5O/c1-7-10-4-9(6-19-14(10)22-21-7)20-15(23)13-11(16)2-8(5-18)3-12(13)17/h2-4,6H,1H3,(H,20,23)(H,19,21,22). The molecule has 2 heterocycles. The fourth-order valence-corrected chi connectivity index (χ4v) is 2.14. The van der Waals surface area contributed by atoms with Gasteiger partial charge in [0.2, 0.25) is 0 Å². The number of rotatable bonds is 2. The van der Waals surface area contributed by atoms with E-state index in [9.17, 15) is 13.6 Å². The predicted molar refractivity (Wildman–Crippen MR) is 77.7 cm³/mol. The number of aryl methyl sites for hydroxylation is 1. The average Bonchev–Trinajstić information content (AvgIpc) is 2.87. The third-order valence-electron chi connectivity index (χ3n) is 3.26. The van der Waals surface area contributed by atoms with Gasteiger partial charge in [-0.25, -0.2) is 13.8 Å². The number of carbonyl (C=O) groups is 1. The van der Waals surface area contributed by atoms with E-state index in [4.69, 9.17) is 5.26 Å². The van der Waals surface area contributed by atoms with Gasteiger partial charge in [0.05, 0.1) is 23.5 Å². The second kappa shape index (κ2) is 5.46. The van der Waals surface area contributed by atoms with Crippen molar-refractivity contribution in [1.29, 1.82) is 5.26 Å². The molecule has 0 saturated carbocycles. The van der Waals surface area contributed by atoms with Crippen molar-refractivity contribution < 1.29 is 13.6 Å². The first kappa shape index (κ1) is 14.6. The summed E-state index contributed by atoms with van der Waals surface area (Å²) in [7, 11) is 0. The number of carbonyl (C=O) groups excluding carboxylic acids is 1. The van der Waals surface area contributed by atoms with Gasteiger partial charge in [-0.2, -0.15) is 10.4 Å². The molecule has 23 heavy (non-hydrogen) atoms. The summed E-state index contributed by atoms with van der Waals surface area (Å²) in [6.07, 6.45) is 1.33. The molecule has 0 spiro atoms. The summed E-state index contributed by atoms with van der Waals surface area (Å²) in [5.41, 5.74) is 0.535. The van der Waals surface area contributed by atoms with Crippen LogP contribution in [0.15, 0.2) is 24.4 Å². The number of aromatic nitrogens is 3. The third kappa shape index (κ3) is 2.60. The normalized spacial score (nSPS) is 10.5. The number of fused-ring (bicyclic) bond motifs is 1. The molecular weight excluding hydrogens is 304 g/mol. The van der Waals surface area contributed by atoms with Gasteiger partial charge in [0.15, 0.2) is 5.65 Å². The van der Waals surface area contributed by atoms with Crippen LogP contribution in [-0.4, -0.2) is 21.1 Å². The molecule has 1 aromatic carbocycles. The molecule has 2 N–H and O–H groups in total. The zero-order valence-electron chi connectivity index (χ0n) is 11.8. The van der Waals surface area contributed by atoms with Gasteiger partial charge in [-0.1, -0.05) is 0 Å². The molecular formula is C15H9F2N5O. The SMILES string of the molecule is Cc1[nH]nc2ncc(NC(=O)c3c(F)cc(C#N)cc3F)cc12. The fraction of sp³-hybridized carbons (Fsp3) is 0.0667. The number of nitriles is 1. The summed E-state index contributed by atoms with van der Waals surface area (Å²) in [5.74, 6) is -3.17. The Hall–Kier alpha value is -3.34. The maximum absolute atomic E-state index is 13.8. The van der Waals surface area contributed by atoms with E-state index in [1.54, 1.807) is 19.1 Å². The molecule has 3 rings (SSSR count). The van der Waals surface area contributed by atoms with Crippen LogP contribution in [0.5, 0.6) is 0 Å². The average molecular weight is 313 g/mol. The highest BCUT2D eigenvalue weighted by atomic mass is 19.1. The van der Waals surface area contributed by atoms with Crippen LogP contribution < -0.4 is 5.32 Å². The molecule has 0 fully saturated rings. The van der Waals surface area contributed by atoms with E-state index in [-0.39, 0.29) is 11.3 Å². The third-order valence-corrected chi connectivity index (χ3v) is 3.26. The van der Waals surface area contributed by atoms with E-state index < -0.39 is 23.1 Å². The molecule has 1 amide bonds. The molecule has 8 heteroatoms. The fourth-order valence-electron chi connectivity index (χ4n) is 2.14. The van der Waals surface area contributed by atoms with Crippen molar-refractivity contribution in [3.63, 3.8) is 0 Å². The molecule has 6 nitrogen and oxygen atoms in total. The van der Waals surface area contributed by atoms with Gasteiger partial charge in [-0.3, -0.25) is 9.89 Å². The number of aromatic amines is 1. The zero-order valence-corrected chi connectivity index (χ0v) is 11.8. The molecule has 2 aromatic heterocycles. The van der Waals surface area contributed by atoms with Crippen molar-refractivity contribution >= 4 is 22.6 Å². The molecule has 0 radical (unpaired) electrons. The number of anilines is 1. The molecule has 0 atom stereocenters. The van der Waals surface area contributed by atoms with Crippen molar-refractivity contribution in [2.24, 2.45) is 0 Å². The van der Waals surface area contributed by atoms with Crippen molar-refractivity contribution in [3.05, 3.63) is 52.9 Å². The van der Waals surface area contributed by atoms with Gasteiger partial charge in [-0.05, 0) is 25.1 Å². The lowest BCUT2D eigenvalue weighted by Crippen LogP contribution is -2.16. The van der Waals surface area contributed by atoms with E-state index in [1.807, 2.05) is 0 Å². The van der Waals surface area contributed by atoms with Gasteiger partial charge < -0.3 is 5.32 Å². The van der Waals surface area contributed by atoms with Crippen LogP contribution in [-0.2, 0) is 0 Å². The van der Waals surface area contributed by atoms with Crippen LogP contribution in [0.25, 0.3) is 11.0 Å². The predicted octanol–water partition coefficient (Wildman–Crippen LogP) is 2.67. The van der Waals surface area contributed by atoms with Crippen LogP contribution >= 0.6 is 0 Å². The lowest BCUT2D eigenvalue weighted by molar-refractivity contribution is 0.101. The molecule has 0 bridgehead atoms. The smallest absolute Gasteiger partial charge is 0.261 e. The number of halogens is 2. The Morgan fingerprint density at radius 2 is 2.00 bits per heavy atom. The maximum atomic E-state index is 13.8. The number of nitrogens with zero attached hydrogens (tertiary/aromatic N) is 3. The minimum absolute atomic E-state index is 0.200. The molecule has 0 saturated heterocycles. The van der Waals surface area contributed by atoms with Crippen LogP contribution in [0, 0.1) is 29.9 Å². The number of pyridine rings is 1. The van der Waals surface area contributed by atoms with Crippen LogP contribution in [0.4, 0.5) is 14.5 Å². The first-order chi connectivity index (χ1) is 11.0. The van der Waals surface area contributed by atoms with Crippen LogP contribution in [0.3, 0.4) is 0 Å². The quantitative estimate of drug-likeness (QED) is 0.760. The Labute approximate surface area is 128 Å². The number of benzene rings is 1. The first-order valence-corrected chi connectivity index (χ1v) is 6.51. The summed E-state index contributed by atoms with van der Waals surface area (Å²) < 4.78 is 27.7. The van der Waals surface area contributed by atoms with Crippen molar-refractivity contribution in [3.8, 4) is 6.07 Å². The minimum atomic E-state index is -1.10. The Bertz CT molecular complexity index is 951. The molecule has 0 aliphatic carbocycles. The second-order valence-corrected chi connectivity index (χ2v) is 4.82. The Kier molecular flexibility index (Phi) is 3.46. The summed E-state index contributed by atoms with van der Waals surface area (Å²) in [4.78, 5) is 16.1. The maximum Gasteiger partial charge on any atom is 0.261 e. The van der Waals surface area contributed by atoms with Gasteiger partial charge >= 0.3 is 0 Å². The Morgan fingerprint density at radius 3 is 2.65 bits per heavy atom. The second-order valence-electron chi connectivity index (χ2n) is 4.82. The highest BCUT2D eigenvalue weighted by Crippen LogP contribution is 2.20. The Balaban J connectivity index is 1.94. The number of hydrogen-bond donors (Lipinski definition) is 2. The van der Waals surface area contributed by atoms with Gasteiger partial charge in [0, 0.05) is 11.1 Å². The molecule has 3 aromatic rings. The zero-order chi connectivity index (χ0) is 16.6. The number of hydrogen-bond acceptors (Lipinski definition) is 4. The number of amides is 1. The van der Waals surface area contributed by atoms with Crippen molar-refractivity contribution in [1.82, 2.24) is 15.2 Å². The Morgan fingerprint density at radius 1 is 1.30 bits per heavy atom. The molecule has 114 valence electrons. The van der Waals surface area contributed by atoms with Crippen LogP contribution in [0.2, 0.25) is 0 Å². The van der Waals surface area contributed by atoms with Crippen molar-refractivity contribution in [2.45, 2.75) is 6.92 Å². The van der Waals surface area contributed by atoms with E-state index >= 15 is 0 Å². The van der Waals surface area contributed by atoms with Gasteiger partial charge in [0.25, 0.3) is 5.91 Å². The van der Waals surface area contributed by atoms with Gasteiger partial charge in [0.1, 0.15) is 17.2 Å². The van der Waals surface area contributed by atoms with Gasteiger partial charge in [-0.15, -0.1) is 0 Å². The van der Waals surface area contributed by atoms with E-state index in [2.05, 4.69) is 20.5 Å². The monoisotopic (exact) mass is 313 g/mol. The molecule has 0 unspecified atom stereocenters. The lowest BCUT2D eigenvalue weighted by atomic mass is 10.1. The summed E-state index contributed by atoms with van der Waals surface area (Å²) in [5, 5.41) is 18.4. The van der Waals surface area contributed by atoms with Crippen LogP contribution in [0.1, 0.15) is 21.6 Å². The molecule has 0 aliphatic rings. The topological polar surface area (TPSA) is 94.5 Å². The summed E-state index contributed by atoms with van der Waals surface area (Å²) in [6.45, 7) is 1.78. The van der Waals surface area contributed by atoms with Crippen molar-refractivity contribution in [2.75, 3.05) is 5.32 Å². The van der Waals surface area contributed by atoms with E-state index in [1.165, 1.54) is 6.20 Å². The summed E-state index contributed by atoms with van der Waals surface area (Å²) >= 11 is 0. The molecule has 0 aliphatic heterocycles. The van der Waals surface area contributed by atoms with E-state index in [0.29, 0.717) is 11.0 Å².